The number of methoxy groups -OCH3 is 2. The van der Waals surface area contributed by atoms with Gasteiger partial charge in [-0.05, 0) is 23.3 Å². The topological polar surface area (TPSA) is 50.7 Å². The standard InChI is InChI=1S/C17H21NO3/c1-20-12-13-6-5-7-14(10-13)16(11-19)18-15-8-3-4-9-17(15)21-2/h3-10,16,18-19H,11-12H2,1-2H3. The highest BCUT2D eigenvalue weighted by Crippen LogP contribution is 2.28. The van der Waals surface area contributed by atoms with E-state index in [1.54, 1.807) is 14.2 Å². The lowest BCUT2D eigenvalue weighted by molar-refractivity contribution is 0.184. The Morgan fingerprint density at radius 2 is 1.90 bits per heavy atom. The Labute approximate surface area is 125 Å². The third kappa shape index (κ3) is 3.97. The summed E-state index contributed by atoms with van der Waals surface area (Å²) in [5, 5.41) is 13.0. The summed E-state index contributed by atoms with van der Waals surface area (Å²) in [6, 6.07) is 15.5. The molecule has 0 aliphatic carbocycles. The number of benzene rings is 2. The van der Waals surface area contributed by atoms with Gasteiger partial charge in [-0.15, -0.1) is 0 Å². The molecular formula is C17H21NO3. The maximum absolute atomic E-state index is 9.69. The Hall–Kier alpha value is -2.04. The summed E-state index contributed by atoms with van der Waals surface area (Å²) in [4.78, 5) is 0. The predicted octanol–water partition coefficient (Wildman–Crippen LogP) is 2.99. The van der Waals surface area contributed by atoms with E-state index in [-0.39, 0.29) is 12.6 Å². The molecule has 1 unspecified atom stereocenters. The summed E-state index contributed by atoms with van der Waals surface area (Å²) >= 11 is 0. The van der Waals surface area contributed by atoms with Crippen LogP contribution >= 0.6 is 0 Å². The van der Waals surface area contributed by atoms with Gasteiger partial charge in [0.2, 0.25) is 0 Å². The van der Waals surface area contributed by atoms with E-state index >= 15 is 0 Å². The molecule has 0 spiro atoms. The molecule has 2 rings (SSSR count). The van der Waals surface area contributed by atoms with Gasteiger partial charge in [0, 0.05) is 7.11 Å². The van der Waals surface area contributed by atoms with Crippen molar-refractivity contribution in [2.24, 2.45) is 0 Å². The minimum absolute atomic E-state index is 0.00547. The van der Waals surface area contributed by atoms with Crippen molar-refractivity contribution >= 4 is 5.69 Å². The van der Waals surface area contributed by atoms with E-state index in [0.717, 1.165) is 22.6 Å². The first-order valence-electron chi connectivity index (χ1n) is 6.86. The third-order valence-electron chi connectivity index (χ3n) is 3.28. The van der Waals surface area contributed by atoms with E-state index in [9.17, 15) is 5.11 Å². The monoisotopic (exact) mass is 287 g/mol. The van der Waals surface area contributed by atoms with Crippen LogP contribution in [0.1, 0.15) is 17.2 Å². The van der Waals surface area contributed by atoms with Crippen LogP contribution in [0.15, 0.2) is 48.5 Å². The molecule has 1 atom stereocenters. The minimum atomic E-state index is -0.196. The number of para-hydroxylation sites is 2. The molecule has 2 N–H and O–H groups in total. The minimum Gasteiger partial charge on any atom is -0.495 e. The lowest BCUT2D eigenvalue weighted by atomic mass is 10.0. The molecule has 0 aliphatic heterocycles. The number of ether oxygens (including phenoxy) is 2. The molecule has 0 bridgehead atoms. The first-order chi connectivity index (χ1) is 10.3. The van der Waals surface area contributed by atoms with Gasteiger partial charge in [-0.1, -0.05) is 36.4 Å². The van der Waals surface area contributed by atoms with Crippen molar-refractivity contribution in [3.8, 4) is 5.75 Å². The second-order valence-corrected chi connectivity index (χ2v) is 4.76. The molecule has 4 heteroatoms. The van der Waals surface area contributed by atoms with Crippen LogP contribution in [0.4, 0.5) is 5.69 Å². The first-order valence-corrected chi connectivity index (χ1v) is 6.86. The highest BCUT2D eigenvalue weighted by atomic mass is 16.5. The number of nitrogens with one attached hydrogen (secondary N) is 1. The van der Waals surface area contributed by atoms with E-state index in [1.807, 2.05) is 48.5 Å². The zero-order valence-electron chi connectivity index (χ0n) is 12.4. The van der Waals surface area contributed by atoms with Crippen LogP contribution in [0.5, 0.6) is 5.75 Å². The fourth-order valence-electron chi connectivity index (χ4n) is 2.25. The molecule has 0 aromatic heterocycles. The van der Waals surface area contributed by atoms with Gasteiger partial charge in [-0.25, -0.2) is 0 Å². The molecule has 0 aliphatic rings. The maximum Gasteiger partial charge on any atom is 0.141 e. The van der Waals surface area contributed by atoms with Crippen LogP contribution in [-0.2, 0) is 11.3 Å². The van der Waals surface area contributed by atoms with Crippen molar-refractivity contribution in [1.29, 1.82) is 0 Å². The lowest BCUT2D eigenvalue weighted by Crippen LogP contribution is -2.15. The van der Waals surface area contributed by atoms with Crippen LogP contribution in [0.2, 0.25) is 0 Å². The number of hydrogen-bond donors (Lipinski definition) is 2. The van der Waals surface area contributed by atoms with Crippen molar-refractivity contribution in [2.75, 3.05) is 26.1 Å². The molecule has 0 heterocycles. The van der Waals surface area contributed by atoms with Gasteiger partial charge in [-0.3, -0.25) is 0 Å². The summed E-state index contributed by atoms with van der Waals surface area (Å²) < 4.78 is 10.5. The van der Waals surface area contributed by atoms with Crippen molar-refractivity contribution in [2.45, 2.75) is 12.6 Å². The summed E-state index contributed by atoms with van der Waals surface area (Å²) in [6.45, 7) is 0.551. The molecule has 0 fully saturated rings. The van der Waals surface area contributed by atoms with Crippen LogP contribution in [-0.4, -0.2) is 25.9 Å². The Morgan fingerprint density at radius 3 is 2.62 bits per heavy atom. The third-order valence-corrected chi connectivity index (χ3v) is 3.28. The molecule has 4 nitrogen and oxygen atoms in total. The number of aliphatic hydroxyl groups is 1. The van der Waals surface area contributed by atoms with Gasteiger partial charge in [0.15, 0.2) is 0 Å². The van der Waals surface area contributed by atoms with Crippen molar-refractivity contribution in [1.82, 2.24) is 0 Å². The normalized spacial score (nSPS) is 12.0. The number of hydrogen-bond acceptors (Lipinski definition) is 4. The van der Waals surface area contributed by atoms with Crippen molar-refractivity contribution in [3.63, 3.8) is 0 Å². The molecule has 21 heavy (non-hydrogen) atoms. The number of aliphatic hydroxyl groups excluding tert-OH is 1. The maximum atomic E-state index is 9.69. The molecule has 0 radical (unpaired) electrons. The smallest absolute Gasteiger partial charge is 0.141 e. The molecule has 2 aromatic rings. The van der Waals surface area contributed by atoms with Crippen molar-refractivity contribution in [3.05, 3.63) is 59.7 Å². The second-order valence-electron chi connectivity index (χ2n) is 4.76. The largest absolute Gasteiger partial charge is 0.495 e. The highest BCUT2D eigenvalue weighted by molar-refractivity contribution is 5.57. The summed E-state index contributed by atoms with van der Waals surface area (Å²) in [5.41, 5.74) is 2.95. The van der Waals surface area contributed by atoms with E-state index in [0.29, 0.717) is 6.61 Å². The number of anilines is 1. The summed E-state index contributed by atoms with van der Waals surface area (Å²) in [6.07, 6.45) is 0. The van der Waals surface area contributed by atoms with Crippen LogP contribution in [0.25, 0.3) is 0 Å². The van der Waals surface area contributed by atoms with Gasteiger partial charge in [0.05, 0.1) is 32.1 Å². The van der Waals surface area contributed by atoms with Gasteiger partial charge in [0.25, 0.3) is 0 Å². The van der Waals surface area contributed by atoms with Gasteiger partial charge >= 0.3 is 0 Å². The van der Waals surface area contributed by atoms with Gasteiger partial charge in [0.1, 0.15) is 5.75 Å². The zero-order valence-corrected chi connectivity index (χ0v) is 12.4. The molecule has 112 valence electrons. The van der Waals surface area contributed by atoms with E-state index in [2.05, 4.69) is 5.32 Å². The van der Waals surface area contributed by atoms with Crippen LogP contribution < -0.4 is 10.1 Å². The van der Waals surface area contributed by atoms with Crippen LogP contribution in [0.3, 0.4) is 0 Å². The Morgan fingerprint density at radius 1 is 1.10 bits per heavy atom. The predicted molar refractivity (Wildman–Crippen MR) is 83.6 cm³/mol. The Kier molecular flexibility index (Phi) is 5.60. The zero-order chi connectivity index (χ0) is 15.1. The van der Waals surface area contributed by atoms with E-state index < -0.39 is 0 Å². The van der Waals surface area contributed by atoms with E-state index in [1.165, 1.54) is 0 Å². The van der Waals surface area contributed by atoms with Gasteiger partial charge in [-0.2, -0.15) is 0 Å². The fourth-order valence-corrected chi connectivity index (χ4v) is 2.25. The first kappa shape index (κ1) is 15.4. The van der Waals surface area contributed by atoms with Crippen LogP contribution in [0, 0.1) is 0 Å². The molecule has 2 aromatic carbocycles. The fraction of sp³-hybridized carbons (Fsp3) is 0.294. The summed E-state index contributed by atoms with van der Waals surface area (Å²) in [5.74, 6) is 0.754. The van der Waals surface area contributed by atoms with E-state index in [4.69, 9.17) is 9.47 Å². The molecular weight excluding hydrogens is 266 g/mol. The van der Waals surface area contributed by atoms with Crippen molar-refractivity contribution < 1.29 is 14.6 Å². The average molecular weight is 287 g/mol. The number of rotatable bonds is 7. The second kappa shape index (κ2) is 7.67. The molecule has 0 amide bonds. The quantitative estimate of drug-likeness (QED) is 0.822. The summed E-state index contributed by atoms with van der Waals surface area (Å²) in [7, 11) is 3.30. The Bertz CT molecular complexity index is 571. The SMILES string of the molecule is COCc1cccc(C(CO)Nc2ccccc2OC)c1. The Balaban J connectivity index is 2.21. The lowest BCUT2D eigenvalue weighted by Gasteiger charge is -2.20. The molecule has 0 saturated carbocycles. The average Bonchev–Trinajstić information content (AvgIpc) is 2.53. The van der Waals surface area contributed by atoms with Gasteiger partial charge < -0.3 is 19.9 Å². The molecule has 0 saturated heterocycles. The highest BCUT2D eigenvalue weighted by Gasteiger charge is 2.13.